The van der Waals surface area contributed by atoms with Gasteiger partial charge in [-0.25, -0.2) is 4.79 Å². The van der Waals surface area contributed by atoms with Gasteiger partial charge in [-0.2, -0.15) is 0 Å². The van der Waals surface area contributed by atoms with Crippen molar-refractivity contribution in [1.82, 2.24) is 14.9 Å². The van der Waals surface area contributed by atoms with Gasteiger partial charge >= 0.3 is 6.03 Å². The lowest BCUT2D eigenvalue weighted by Gasteiger charge is -2.09. The molecule has 0 saturated carbocycles. The van der Waals surface area contributed by atoms with E-state index in [1.54, 1.807) is 12.4 Å². The Labute approximate surface area is 128 Å². The molecule has 110 valence electrons. The molecule has 1 aromatic carbocycles. The van der Waals surface area contributed by atoms with Crippen LogP contribution in [-0.4, -0.2) is 15.6 Å². The highest BCUT2D eigenvalue weighted by atomic mass is 16.2. The number of aromatic nitrogens is 2. The van der Waals surface area contributed by atoms with Crippen molar-refractivity contribution >= 4 is 11.7 Å². The molecule has 0 unspecified atom stereocenters. The number of pyridine rings is 1. The fourth-order valence-electron chi connectivity index (χ4n) is 2.08. The first-order chi connectivity index (χ1) is 10.8. The van der Waals surface area contributed by atoms with Gasteiger partial charge in [-0.15, -0.1) is 0 Å². The molecule has 22 heavy (non-hydrogen) atoms. The molecule has 3 rings (SSSR count). The zero-order chi connectivity index (χ0) is 15.2. The second-order valence-electron chi connectivity index (χ2n) is 4.80. The smallest absolute Gasteiger partial charge is 0.319 e. The normalized spacial score (nSPS) is 10.2. The molecule has 0 spiro atoms. The van der Waals surface area contributed by atoms with Gasteiger partial charge in [-0.1, -0.05) is 0 Å². The maximum absolute atomic E-state index is 11.9. The number of hydrogen-bond donors (Lipinski definition) is 2. The minimum atomic E-state index is -0.231. The summed E-state index contributed by atoms with van der Waals surface area (Å²) in [7, 11) is 0. The minimum absolute atomic E-state index is 0.231. The van der Waals surface area contributed by atoms with Crippen molar-refractivity contribution in [2.24, 2.45) is 0 Å². The number of benzene rings is 1. The van der Waals surface area contributed by atoms with Crippen LogP contribution in [-0.2, 0) is 6.54 Å². The molecule has 0 saturated heterocycles. The quantitative estimate of drug-likeness (QED) is 0.776. The SMILES string of the molecule is O=C(NCc1ccncc1)Nc1ccc(-n2cccc2)cc1. The van der Waals surface area contributed by atoms with Gasteiger partial charge in [0.05, 0.1) is 0 Å². The highest BCUT2D eigenvalue weighted by Crippen LogP contribution is 2.13. The summed E-state index contributed by atoms with van der Waals surface area (Å²) in [6.45, 7) is 0.468. The Morgan fingerprint density at radius 3 is 2.36 bits per heavy atom. The lowest BCUT2D eigenvalue weighted by Crippen LogP contribution is -2.28. The first-order valence-electron chi connectivity index (χ1n) is 6.98. The molecule has 3 aromatic rings. The van der Waals surface area contributed by atoms with E-state index in [4.69, 9.17) is 0 Å². The van der Waals surface area contributed by atoms with Gasteiger partial charge in [0.2, 0.25) is 0 Å². The van der Waals surface area contributed by atoms with E-state index in [0.717, 1.165) is 16.9 Å². The number of carbonyl (C=O) groups is 1. The molecule has 0 bridgehead atoms. The molecular formula is C17H16N4O. The van der Waals surface area contributed by atoms with E-state index in [9.17, 15) is 4.79 Å². The van der Waals surface area contributed by atoms with Gasteiger partial charge in [-0.05, 0) is 54.1 Å². The maximum atomic E-state index is 11.9. The number of rotatable bonds is 4. The molecule has 0 atom stereocenters. The second kappa shape index (κ2) is 6.58. The zero-order valence-corrected chi connectivity index (χ0v) is 11.9. The van der Waals surface area contributed by atoms with E-state index in [1.807, 2.05) is 65.5 Å². The van der Waals surface area contributed by atoms with Crippen LogP contribution in [0, 0.1) is 0 Å². The van der Waals surface area contributed by atoms with Gasteiger partial charge in [0.15, 0.2) is 0 Å². The first kappa shape index (κ1) is 13.9. The van der Waals surface area contributed by atoms with Crippen LogP contribution < -0.4 is 10.6 Å². The Balaban J connectivity index is 1.55. The Hall–Kier alpha value is -3.08. The molecule has 0 radical (unpaired) electrons. The number of urea groups is 1. The average Bonchev–Trinajstić information content (AvgIpc) is 3.09. The van der Waals surface area contributed by atoms with Crippen molar-refractivity contribution in [3.63, 3.8) is 0 Å². The van der Waals surface area contributed by atoms with Gasteiger partial charge in [0.1, 0.15) is 0 Å². The third-order valence-electron chi connectivity index (χ3n) is 3.23. The molecule has 0 aliphatic carbocycles. The summed E-state index contributed by atoms with van der Waals surface area (Å²) in [5, 5.41) is 5.62. The molecule has 0 aliphatic rings. The fraction of sp³-hybridized carbons (Fsp3) is 0.0588. The molecule has 5 heteroatoms. The molecule has 2 N–H and O–H groups in total. The summed E-state index contributed by atoms with van der Waals surface area (Å²) >= 11 is 0. The Morgan fingerprint density at radius 2 is 1.68 bits per heavy atom. The third-order valence-corrected chi connectivity index (χ3v) is 3.23. The molecule has 0 fully saturated rings. The van der Waals surface area contributed by atoms with Crippen LogP contribution in [0.1, 0.15) is 5.56 Å². The fourth-order valence-corrected chi connectivity index (χ4v) is 2.08. The lowest BCUT2D eigenvalue weighted by atomic mass is 10.2. The number of hydrogen-bond acceptors (Lipinski definition) is 2. The Bertz CT molecular complexity index is 721. The van der Waals surface area contributed by atoms with Gasteiger partial charge in [0, 0.05) is 42.7 Å². The Kier molecular flexibility index (Phi) is 4.15. The number of anilines is 1. The third kappa shape index (κ3) is 3.52. The van der Waals surface area contributed by atoms with E-state index in [1.165, 1.54) is 0 Å². The van der Waals surface area contributed by atoms with Gasteiger partial charge in [0.25, 0.3) is 0 Å². The van der Waals surface area contributed by atoms with Crippen molar-refractivity contribution in [3.8, 4) is 5.69 Å². The first-order valence-corrected chi connectivity index (χ1v) is 6.98. The van der Waals surface area contributed by atoms with E-state index in [2.05, 4.69) is 15.6 Å². The van der Waals surface area contributed by atoms with E-state index >= 15 is 0 Å². The summed E-state index contributed by atoms with van der Waals surface area (Å²) in [5.74, 6) is 0. The average molecular weight is 292 g/mol. The van der Waals surface area contributed by atoms with Crippen molar-refractivity contribution in [3.05, 3.63) is 78.9 Å². The van der Waals surface area contributed by atoms with Crippen LogP contribution in [0.5, 0.6) is 0 Å². The topological polar surface area (TPSA) is 59.0 Å². The van der Waals surface area contributed by atoms with Crippen molar-refractivity contribution in [1.29, 1.82) is 0 Å². The van der Waals surface area contributed by atoms with Crippen molar-refractivity contribution in [2.75, 3.05) is 5.32 Å². The minimum Gasteiger partial charge on any atom is -0.334 e. The second-order valence-corrected chi connectivity index (χ2v) is 4.80. The van der Waals surface area contributed by atoms with E-state index in [-0.39, 0.29) is 6.03 Å². The van der Waals surface area contributed by atoms with Gasteiger partial charge < -0.3 is 15.2 Å². The highest BCUT2D eigenvalue weighted by molar-refractivity contribution is 5.89. The number of nitrogens with zero attached hydrogens (tertiary/aromatic N) is 2. The standard InChI is InChI=1S/C17H16N4O/c22-17(19-13-14-7-9-18-10-8-14)20-15-3-5-16(6-4-15)21-11-1-2-12-21/h1-12H,13H2,(H2,19,20,22). The van der Waals surface area contributed by atoms with Crippen LogP contribution in [0.3, 0.4) is 0 Å². The van der Waals surface area contributed by atoms with Crippen LogP contribution in [0.15, 0.2) is 73.3 Å². The number of nitrogens with one attached hydrogen (secondary N) is 2. The van der Waals surface area contributed by atoms with Crippen molar-refractivity contribution < 1.29 is 4.79 Å². The number of carbonyl (C=O) groups excluding carboxylic acids is 1. The van der Waals surface area contributed by atoms with E-state index in [0.29, 0.717) is 6.54 Å². The molecule has 5 nitrogen and oxygen atoms in total. The van der Waals surface area contributed by atoms with E-state index < -0.39 is 0 Å². The lowest BCUT2D eigenvalue weighted by molar-refractivity contribution is 0.251. The van der Waals surface area contributed by atoms with Crippen LogP contribution in [0.2, 0.25) is 0 Å². The van der Waals surface area contributed by atoms with Gasteiger partial charge in [-0.3, -0.25) is 4.98 Å². The summed E-state index contributed by atoms with van der Waals surface area (Å²) in [5.41, 5.74) is 2.81. The van der Waals surface area contributed by atoms with Crippen molar-refractivity contribution in [2.45, 2.75) is 6.54 Å². The van der Waals surface area contributed by atoms with Crippen LogP contribution >= 0.6 is 0 Å². The summed E-state index contributed by atoms with van der Waals surface area (Å²) < 4.78 is 2.01. The molecule has 2 heterocycles. The summed E-state index contributed by atoms with van der Waals surface area (Å²) in [6.07, 6.45) is 7.36. The molecule has 2 amide bonds. The molecule has 0 aliphatic heterocycles. The molecular weight excluding hydrogens is 276 g/mol. The summed E-state index contributed by atoms with van der Waals surface area (Å²) in [4.78, 5) is 15.8. The predicted octanol–water partition coefficient (Wildman–Crippen LogP) is 3.19. The number of amides is 2. The Morgan fingerprint density at radius 1 is 1.00 bits per heavy atom. The largest absolute Gasteiger partial charge is 0.334 e. The predicted molar refractivity (Wildman–Crippen MR) is 85.9 cm³/mol. The summed E-state index contributed by atoms with van der Waals surface area (Å²) in [6, 6.07) is 15.1. The zero-order valence-electron chi connectivity index (χ0n) is 11.9. The van der Waals surface area contributed by atoms with Crippen LogP contribution in [0.4, 0.5) is 10.5 Å². The maximum Gasteiger partial charge on any atom is 0.319 e. The monoisotopic (exact) mass is 292 g/mol. The van der Waals surface area contributed by atoms with Crippen LogP contribution in [0.25, 0.3) is 5.69 Å². The highest BCUT2D eigenvalue weighted by Gasteiger charge is 2.02. The molecule has 2 aromatic heterocycles.